The summed E-state index contributed by atoms with van der Waals surface area (Å²) in [5, 5.41) is 0. The second-order valence-corrected chi connectivity index (χ2v) is 6.95. The third kappa shape index (κ3) is 2.41. The van der Waals surface area contributed by atoms with Crippen molar-refractivity contribution in [3.63, 3.8) is 0 Å². The van der Waals surface area contributed by atoms with Gasteiger partial charge in [-0.3, -0.25) is 0 Å². The van der Waals surface area contributed by atoms with Crippen LogP contribution in [0.5, 0.6) is 11.5 Å². The van der Waals surface area contributed by atoms with Gasteiger partial charge in [0.2, 0.25) is 0 Å². The molecule has 1 aromatic rings. The van der Waals surface area contributed by atoms with Crippen molar-refractivity contribution in [2.45, 2.75) is 45.3 Å². The molecule has 1 aromatic carbocycles. The van der Waals surface area contributed by atoms with E-state index in [0.29, 0.717) is 11.8 Å². The number of ether oxygens (including phenoxy) is 3. The van der Waals surface area contributed by atoms with E-state index in [2.05, 4.69) is 32.9 Å². The predicted molar refractivity (Wildman–Crippen MR) is 87.4 cm³/mol. The van der Waals surface area contributed by atoms with Crippen LogP contribution in [0.2, 0.25) is 0 Å². The molecule has 3 rings (SSSR count). The number of para-hydroxylation sites is 1. The molecule has 1 fully saturated rings. The number of allylic oxidation sites excluding steroid dienone is 1. The van der Waals surface area contributed by atoms with Crippen LogP contribution < -0.4 is 9.47 Å². The minimum Gasteiger partial charge on any atom is -0.493 e. The molecule has 1 heterocycles. The van der Waals surface area contributed by atoms with Gasteiger partial charge in [0.1, 0.15) is 0 Å². The fraction of sp³-hybridized carbons (Fsp3) is 0.579. The molecule has 0 unspecified atom stereocenters. The van der Waals surface area contributed by atoms with Crippen molar-refractivity contribution in [3.05, 3.63) is 35.4 Å². The highest BCUT2D eigenvalue weighted by atomic mass is 16.5. The monoisotopic (exact) mass is 302 g/mol. The average Bonchev–Trinajstić information content (AvgIpc) is 2.51. The molecule has 120 valence electrons. The van der Waals surface area contributed by atoms with Crippen LogP contribution in [0.3, 0.4) is 0 Å². The molecule has 3 heteroatoms. The van der Waals surface area contributed by atoms with Crippen molar-refractivity contribution >= 4 is 0 Å². The minimum atomic E-state index is -0.119. The Balaban J connectivity index is 2.07. The quantitative estimate of drug-likeness (QED) is 0.768. The summed E-state index contributed by atoms with van der Waals surface area (Å²) in [6, 6.07) is 6.05. The first-order chi connectivity index (χ1) is 10.5. The fourth-order valence-electron chi connectivity index (χ4n) is 3.92. The Kier molecular flexibility index (Phi) is 3.94. The molecule has 0 saturated carbocycles. The standard InChI is InChI=1S/C19H26O3/c1-12-9-10-13-11-15(12)17(22-19(13,2)3)14-7-6-8-16(20-4)18(14)21-5/h6-9,13,15,17H,10-11H2,1-5H3/t13-,15-,17+/m1/s1. The van der Waals surface area contributed by atoms with Crippen LogP contribution in [0.1, 0.15) is 45.3 Å². The highest BCUT2D eigenvalue weighted by molar-refractivity contribution is 5.48. The van der Waals surface area contributed by atoms with Crippen molar-refractivity contribution in [3.8, 4) is 11.5 Å². The molecule has 0 N–H and O–H groups in total. The summed E-state index contributed by atoms with van der Waals surface area (Å²) in [6.45, 7) is 6.65. The van der Waals surface area contributed by atoms with Crippen LogP contribution in [0.15, 0.2) is 29.8 Å². The van der Waals surface area contributed by atoms with Gasteiger partial charge in [-0.1, -0.05) is 23.8 Å². The molecule has 0 amide bonds. The van der Waals surface area contributed by atoms with E-state index in [4.69, 9.17) is 14.2 Å². The maximum absolute atomic E-state index is 6.56. The van der Waals surface area contributed by atoms with E-state index in [1.807, 2.05) is 12.1 Å². The first kappa shape index (κ1) is 15.4. The summed E-state index contributed by atoms with van der Waals surface area (Å²) in [5.74, 6) is 2.57. The smallest absolute Gasteiger partial charge is 0.166 e. The highest BCUT2D eigenvalue weighted by Gasteiger charge is 2.46. The lowest BCUT2D eigenvalue weighted by atomic mass is 9.68. The van der Waals surface area contributed by atoms with Gasteiger partial charge in [0.05, 0.1) is 25.9 Å². The van der Waals surface area contributed by atoms with E-state index in [1.165, 1.54) is 12.0 Å². The molecule has 3 atom stereocenters. The van der Waals surface area contributed by atoms with Crippen LogP contribution in [0.4, 0.5) is 0 Å². The largest absolute Gasteiger partial charge is 0.493 e. The normalized spacial score (nSPS) is 29.7. The Labute approximate surface area is 133 Å². The minimum absolute atomic E-state index is 0.0212. The summed E-state index contributed by atoms with van der Waals surface area (Å²) in [6.07, 6.45) is 4.72. The van der Waals surface area contributed by atoms with Gasteiger partial charge < -0.3 is 14.2 Å². The van der Waals surface area contributed by atoms with E-state index in [0.717, 1.165) is 23.5 Å². The van der Waals surface area contributed by atoms with Crippen molar-refractivity contribution in [1.82, 2.24) is 0 Å². The maximum atomic E-state index is 6.56. The molecule has 0 radical (unpaired) electrons. The van der Waals surface area contributed by atoms with E-state index in [1.54, 1.807) is 14.2 Å². The van der Waals surface area contributed by atoms with Crippen molar-refractivity contribution in [2.24, 2.45) is 11.8 Å². The van der Waals surface area contributed by atoms with Gasteiger partial charge >= 0.3 is 0 Å². The van der Waals surface area contributed by atoms with Crippen molar-refractivity contribution < 1.29 is 14.2 Å². The number of fused-ring (bicyclic) bond motifs is 2. The molecule has 3 nitrogen and oxygen atoms in total. The maximum Gasteiger partial charge on any atom is 0.166 e. The van der Waals surface area contributed by atoms with E-state index in [-0.39, 0.29) is 11.7 Å². The highest BCUT2D eigenvalue weighted by Crippen LogP contribution is 2.53. The molecule has 1 saturated heterocycles. The zero-order valence-corrected chi connectivity index (χ0v) is 14.2. The number of benzene rings is 1. The second kappa shape index (κ2) is 5.62. The fourth-order valence-corrected chi connectivity index (χ4v) is 3.92. The summed E-state index contributed by atoms with van der Waals surface area (Å²) in [4.78, 5) is 0. The van der Waals surface area contributed by atoms with Crippen LogP contribution in [-0.4, -0.2) is 19.8 Å². The van der Waals surface area contributed by atoms with Crippen molar-refractivity contribution in [1.29, 1.82) is 0 Å². The summed E-state index contributed by atoms with van der Waals surface area (Å²) >= 11 is 0. The van der Waals surface area contributed by atoms with E-state index in [9.17, 15) is 0 Å². The molecule has 0 aromatic heterocycles. The number of hydrogen-bond acceptors (Lipinski definition) is 3. The van der Waals surface area contributed by atoms with Crippen LogP contribution in [-0.2, 0) is 4.74 Å². The lowest BCUT2D eigenvalue weighted by molar-refractivity contribution is -0.167. The van der Waals surface area contributed by atoms with Crippen LogP contribution >= 0.6 is 0 Å². The van der Waals surface area contributed by atoms with Gasteiger partial charge in [0.25, 0.3) is 0 Å². The molecule has 0 spiro atoms. The second-order valence-electron chi connectivity index (χ2n) is 6.95. The molecule has 1 aliphatic carbocycles. The molecule has 2 aliphatic rings. The van der Waals surface area contributed by atoms with Gasteiger partial charge in [-0.15, -0.1) is 0 Å². The van der Waals surface area contributed by atoms with Crippen LogP contribution in [0, 0.1) is 11.8 Å². The SMILES string of the molecule is COc1cccc([C@@H]2OC(C)(C)[C@@H]3CC=C(C)[C@H]2C3)c1OC. The summed E-state index contributed by atoms with van der Waals surface area (Å²) in [7, 11) is 3.37. The summed E-state index contributed by atoms with van der Waals surface area (Å²) in [5.41, 5.74) is 2.40. The third-order valence-corrected chi connectivity index (χ3v) is 5.37. The van der Waals surface area contributed by atoms with Gasteiger partial charge in [-0.05, 0) is 45.6 Å². The first-order valence-electron chi connectivity index (χ1n) is 8.03. The van der Waals surface area contributed by atoms with Crippen molar-refractivity contribution in [2.75, 3.05) is 14.2 Å². The van der Waals surface area contributed by atoms with Gasteiger partial charge in [-0.2, -0.15) is 0 Å². The topological polar surface area (TPSA) is 27.7 Å². The lowest BCUT2D eigenvalue weighted by Crippen LogP contribution is -2.45. The van der Waals surface area contributed by atoms with E-state index >= 15 is 0 Å². The Hall–Kier alpha value is -1.48. The number of hydrogen-bond donors (Lipinski definition) is 0. The Bertz CT molecular complexity index is 588. The zero-order chi connectivity index (χ0) is 15.9. The lowest BCUT2D eigenvalue weighted by Gasteiger charge is -2.49. The third-order valence-electron chi connectivity index (χ3n) is 5.37. The van der Waals surface area contributed by atoms with Gasteiger partial charge in [0, 0.05) is 11.5 Å². The molecular weight excluding hydrogens is 276 g/mol. The zero-order valence-electron chi connectivity index (χ0n) is 14.2. The van der Waals surface area contributed by atoms with Gasteiger partial charge in [0.15, 0.2) is 11.5 Å². The Morgan fingerprint density at radius 2 is 1.95 bits per heavy atom. The van der Waals surface area contributed by atoms with Gasteiger partial charge in [-0.25, -0.2) is 0 Å². The molecule has 22 heavy (non-hydrogen) atoms. The summed E-state index contributed by atoms with van der Waals surface area (Å²) < 4.78 is 17.7. The first-order valence-corrected chi connectivity index (χ1v) is 8.03. The average molecular weight is 302 g/mol. The predicted octanol–water partition coefficient (Wildman–Crippen LogP) is 4.53. The van der Waals surface area contributed by atoms with Crippen LogP contribution in [0.25, 0.3) is 0 Å². The van der Waals surface area contributed by atoms with E-state index < -0.39 is 0 Å². The Morgan fingerprint density at radius 3 is 2.64 bits per heavy atom. The molecule has 1 aliphatic heterocycles. The Morgan fingerprint density at radius 1 is 1.18 bits per heavy atom. The molecule has 2 bridgehead atoms. The number of rotatable bonds is 3. The molecular formula is C19H26O3. The number of methoxy groups -OCH3 is 2.